The standard InChI is InChI=1S/C20H21NO3/c1-20(2,3)24-19(23)21-11-10-15-12-14(8-9-18(15)21)17-7-5-4-6-16(17)13-22/h4-9,12-13H,10-11H2,1-3H3. The predicted octanol–water partition coefficient (Wildman–Crippen LogP) is 4.46. The van der Waals surface area contributed by atoms with Crippen molar-refractivity contribution in [1.82, 2.24) is 0 Å². The van der Waals surface area contributed by atoms with Gasteiger partial charge in [-0.2, -0.15) is 0 Å². The van der Waals surface area contributed by atoms with Crippen LogP contribution in [-0.4, -0.2) is 24.5 Å². The van der Waals surface area contributed by atoms with Gasteiger partial charge in [-0.3, -0.25) is 9.69 Å². The number of benzene rings is 2. The van der Waals surface area contributed by atoms with E-state index in [1.54, 1.807) is 4.90 Å². The molecule has 3 rings (SSSR count). The van der Waals surface area contributed by atoms with Crippen LogP contribution >= 0.6 is 0 Å². The van der Waals surface area contributed by atoms with Crippen molar-refractivity contribution in [1.29, 1.82) is 0 Å². The highest BCUT2D eigenvalue weighted by molar-refractivity contribution is 5.92. The summed E-state index contributed by atoms with van der Waals surface area (Å²) in [6, 6.07) is 13.5. The second-order valence-electron chi connectivity index (χ2n) is 6.93. The molecule has 4 heteroatoms. The van der Waals surface area contributed by atoms with Crippen molar-refractivity contribution in [3.05, 3.63) is 53.6 Å². The number of aldehydes is 1. The van der Waals surface area contributed by atoms with Crippen LogP contribution in [0.4, 0.5) is 10.5 Å². The number of anilines is 1. The maximum absolute atomic E-state index is 12.3. The Morgan fingerprint density at radius 2 is 1.92 bits per heavy atom. The van der Waals surface area contributed by atoms with Gasteiger partial charge in [0.25, 0.3) is 0 Å². The van der Waals surface area contributed by atoms with Crippen LogP contribution in [0.15, 0.2) is 42.5 Å². The monoisotopic (exact) mass is 323 g/mol. The minimum atomic E-state index is -0.511. The van der Waals surface area contributed by atoms with Crippen molar-refractivity contribution < 1.29 is 14.3 Å². The summed E-state index contributed by atoms with van der Waals surface area (Å²) in [6.45, 7) is 6.20. The molecule has 0 aromatic heterocycles. The number of rotatable bonds is 2. The second kappa shape index (κ2) is 6.11. The molecule has 1 amide bonds. The van der Waals surface area contributed by atoms with Crippen LogP contribution in [-0.2, 0) is 11.2 Å². The molecule has 0 atom stereocenters. The van der Waals surface area contributed by atoms with E-state index < -0.39 is 5.60 Å². The lowest BCUT2D eigenvalue weighted by Gasteiger charge is -2.24. The maximum Gasteiger partial charge on any atom is 0.414 e. The number of hydrogen-bond acceptors (Lipinski definition) is 3. The summed E-state index contributed by atoms with van der Waals surface area (Å²) in [7, 11) is 0. The van der Waals surface area contributed by atoms with E-state index in [-0.39, 0.29) is 6.09 Å². The van der Waals surface area contributed by atoms with Gasteiger partial charge in [0.2, 0.25) is 0 Å². The van der Waals surface area contributed by atoms with Crippen molar-refractivity contribution in [2.24, 2.45) is 0 Å². The van der Waals surface area contributed by atoms with Crippen molar-refractivity contribution in [3.8, 4) is 11.1 Å². The molecular formula is C20H21NO3. The summed E-state index contributed by atoms with van der Waals surface area (Å²) in [5, 5.41) is 0. The molecule has 0 saturated carbocycles. The predicted molar refractivity (Wildman–Crippen MR) is 94.5 cm³/mol. The largest absolute Gasteiger partial charge is 0.443 e. The van der Waals surface area contributed by atoms with Gasteiger partial charge in [-0.15, -0.1) is 0 Å². The van der Waals surface area contributed by atoms with Crippen LogP contribution in [0.5, 0.6) is 0 Å². The lowest BCUT2D eigenvalue weighted by atomic mass is 9.98. The first kappa shape index (κ1) is 16.2. The maximum atomic E-state index is 12.3. The summed E-state index contributed by atoms with van der Waals surface area (Å²) in [5.41, 5.74) is 4.03. The van der Waals surface area contributed by atoms with E-state index in [9.17, 15) is 9.59 Å². The number of carbonyl (C=O) groups excluding carboxylic acids is 2. The smallest absolute Gasteiger partial charge is 0.414 e. The molecule has 0 unspecified atom stereocenters. The zero-order valence-corrected chi connectivity index (χ0v) is 14.2. The van der Waals surface area contributed by atoms with E-state index in [2.05, 4.69) is 6.07 Å². The van der Waals surface area contributed by atoms with Gasteiger partial charge >= 0.3 is 6.09 Å². The number of amides is 1. The van der Waals surface area contributed by atoms with Crippen molar-refractivity contribution >= 4 is 18.1 Å². The average Bonchev–Trinajstić information content (AvgIpc) is 2.96. The molecule has 1 heterocycles. The molecule has 0 bridgehead atoms. The molecular weight excluding hydrogens is 302 g/mol. The van der Waals surface area contributed by atoms with E-state index in [1.807, 2.05) is 57.2 Å². The van der Waals surface area contributed by atoms with Gasteiger partial charge in [-0.1, -0.05) is 30.3 Å². The molecule has 1 aliphatic heterocycles. The van der Waals surface area contributed by atoms with Gasteiger partial charge in [-0.25, -0.2) is 4.79 Å². The summed E-state index contributed by atoms with van der Waals surface area (Å²) in [6.07, 6.45) is 1.34. The van der Waals surface area contributed by atoms with E-state index in [0.717, 1.165) is 35.1 Å². The van der Waals surface area contributed by atoms with Crippen molar-refractivity contribution in [2.75, 3.05) is 11.4 Å². The zero-order valence-electron chi connectivity index (χ0n) is 14.2. The molecule has 0 saturated heterocycles. The highest BCUT2D eigenvalue weighted by atomic mass is 16.6. The molecule has 1 aliphatic rings. The van der Waals surface area contributed by atoms with Gasteiger partial charge in [0.15, 0.2) is 6.29 Å². The van der Waals surface area contributed by atoms with Crippen LogP contribution in [0.3, 0.4) is 0 Å². The Bertz CT molecular complexity index is 790. The van der Waals surface area contributed by atoms with Crippen molar-refractivity contribution in [3.63, 3.8) is 0 Å². The summed E-state index contributed by atoms with van der Waals surface area (Å²) in [4.78, 5) is 25.3. The molecule has 0 N–H and O–H groups in total. The number of ether oxygens (including phenoxy) is 1. The molecule has 0 aliphatic carbocycles. The number of hydrogen-bond donors (Lipinski definition) is 0. The third-order valence-corrected chi connectivity index (χ3v) is 3.99. The number of nitrogens with zero attached hydrogens (tertiary/aromatic N) is 1. The van der Waals surface area contributed by atoms with E-state index in [4.69, 9.17) is 4.74 Å². The normalized spacial score (nSPS) is 13.5. The van der Waals surface area contributed by atoms with Gasteiger partial charge in [0.05, 0.1) is 5.69 Å². The molecule has 24 heavy (non-hydrogen) atoms. The zero-order chi connectivity index (χ0) is 17.3. The van der Waals surface area contributed by atoms with E-state index in [1.165, 1.54) is 0 Å². The Hall–Kier alpha value is -2.62. The first-order valence-corrected chi connectivity index (χ1v) is 8.07. The summed E-state index contributed by atoms with van der Waals surface area (Å²) < 4.78 is 5.47. The molecule has 0 spiro atoms. The Labute approximate surface area is 142 Å². The van der Waals surface area contributed by atoms with Gasteiger partial charge in [0.1, 0.15) is 5.60 Å². The Morgan fingerprint density at radius 3 is 2.62 bits per heavy atom. The summed E-state index contributed by atoms with van der Waals surface area (Å²) in [5.74, 6) is 0. The molecule has 0 radical (unpaired) electrons. The average molecular weight is 323 g/mol. The molecule has 124 valence electrons. The van der Waals surface area contributed by atoms with Gasteiger partial charge in [-0.05, 0) is 56.0 Å². The van der Waals surface area contributed by atoms with Gasteiger partial charge in [0, 0.05) is 12.1 Å². The molecule has 4 nitrogen and oxygen atoms in total. The Kier molecular flexibility index (Phi) is 4.14. The van der Waals surface area contributed by atoms with Crippen LogP contribution < -0.4 is 4.90 Å². The number of fused-ring (bicyclic) bond motifs is 1. The fourth-order valence-electron chi connectivity index (χ4n) is 2.94. The Morgan fingerprint density at radius 1 is 1.17 bits per heavy atom. The fourth-order valence-corrected chi connectivity index (χ4v) is 2.94. The van der Waals surface area contributed by atoms with E-state index >= 15 is 0 Å². The topological polar surface area (TPSA) is 46.6 Å². The van der Waals surface area contributed by atoms with Crippen LogP contribution in [0.2, 0.25) is 0 Å². The highest BCUT2D eigenvalue weighted by Gasteiger charge is 2.29. The Balaban J connectivity index is 1.91. The fraction of sp³-hybridized carbons (Fsp3) is 0.300. The lowest BCUT2D eigenvalue weighted by molar-refractivity contribution is 0.0584. The summed E-state index contributed by atoms with van der Waals surface area (Å²) >= 11 is 0. The minimum absolute atomic E-state index is 0.317. The molecule has 0 fully saturated rings. The van der Waals surface area contributed by atoms with Crippen molar-refractivity contribution in [2.45, 2.75) is 32.8 Å². The van der Waals surface area contributed by atoms with Crippen LogP contribution in [0.25, 0.3) is 11.1 Å². The van der Waals surface area contributed by atoms with Gasteiger partial charge < -0.3 is 4.74 Å². The third kappa shape index (κ3) is 3.18. The lowest BCUT2D eigenvalue weighted by Crippen LogP contribution is -2.35. The first-order valence-electron chi connectivity index (χ1n) is 8.07. The quantitative estimate of drug-likeness (QED) is 0.766. The number of carbonyl (C=O) groups is 2. The third-order valence-electron chi connectivity index (χ3n) is 3.99. The highest BCUT2D eigenvalue weighted by Crippen LogP contribution is 2.34. The van der Waals surface area contributed by atoms with Crippen LogP contribution in [0, 0.1) is 0 Å². The molecule has 2 aromatic carbocycles. The second-order valence-corrected chi connectivity index (χ2v) is 6.93. The van der Waals surface area contributed by atoms with E-state index in [0.29, 0.717) is 12.1 Å². The minimum Gasteiger partial charge on any atom is -0.443 e. The molecule has 2 aromatic rings. The first-order chi connectivity index (χ1) is 11.4. The SMILES string of the molecule is CC(C)(C)OC(=O)N1CCc2cc(-c3ccccc3C=O)ccc21. The van der Waals surface area contributed by atoms with Crippen LogP contribution in [0.1, 0.15) is 36.7 Å².